The van der Waals surface area contributed by atoms with Crippen molar-refractivity contribution < 1.29 is 19.1 Å². The fourth-order valence-electron chi connectivity index (χ4n) is 3.78. The number of aromatic nitrogens is 2. The molecule has 6 heteroatoms. The fourth-order valence-corrected chi connectivity index (χ4v) is 3.78. The van der Waals surface area contributed by atoms with E-state index in [0.717, 1.165) is 17.0 Å². The molecule has 1 atom stereocenters. The van der Waals surface area contributed by atoms with Gasteiger partial charge in [0.2, 0.25) is 5.78 Å². The van der Waals surface area contributed by atoms with Gasteiger partial charge in [0, 0.05) is 35.8 Å². The van der Waals surface area contributed by atoms with Crippen molar-refractivity contribution in [2.75, 3.05) is 6.61 Å². The molecule has 3 rings (SSSR count). The van der Waals surface area contributed by atoms with E-state index in [4.69, 9.17) is 4.74 Å². The third-order valence-corrected chi connectivity index (χ3v) is 5.41. The summed E-state index contributed by atoms with van der Waals surface area (Å²) >= 11 is 0. The molecule has 0 unspecified atom stereocenters. The van der Waals surface area contributed by atoms with Crippen molar-refractivity contribution in [1.82, 2.24) is 9.13 Å². The summed E-state index contributed by atoms with van der Waals surface area (Å²) < 4.78 is 8.87. The standard InChI is InChI=1S/C24H26N2O4/c1-15-11-21(17(3)26(15)16(2)19-9-7-6-8-10-19)23(28)14-30-24(29)22-12-20(18(4)27)13-25(22)5/h6-13,16H,14H2,1-5H3/t16-/m0/s1. The zero-order valence-electron chi connectivity index (χ0n) is 17.9. The molecule has 0 bridgehead atoms. The lowest BCUT2D eigenvalue weighted by Gasteiger charge is -2.19. The van der Waals surface area contributed by atoms with Gasteiger partial charge in [-0.05, 0) is 45.4 Å². The van der Waals surface area contributed by atoms with Crippen LogP contribution in [0.25, 0.3) is 0 Å². The van der Waals surface area contributed by atoms with Gasteiger partial charge in [0.1, 0.15) is 5.69 Å². The first kappa shape index (κ1) is 21.3. The highest BCUT2D eigenvalue weighted by Gasteiger charge is 2.22. The van der Waals surface area contributed by atoms with Crippen LogP contribution in [-0.4, -0.2) is 33.3 Å². The van der Waals surface area contributed by atoms with Gasteiger partial charge in [0.15, 0.2) is 12.4 Å². The maximum Gasteiger partial charge on any atom is 0.355 e. The molecule has 0 aliphatic carbocycles. The number of nitrogens with zero attached hydrogens (tertiary/aromatic N) is 2. The van der Waals surface area contributed by atoms with Gasteiger partial charge >= 0.3 is 5.97 Å². The lowest BCUT2D eigenvalue weighted by molar-refractivity contribution is 0.0465. The number of ether oxygens (including phenoxy) is 1. The Kier molecular flexibility index (Phi) is 6.06. The van der Waals surface area contributed by atoms with E-state index in [1.807, 2.05) is 38.1 Å². The number of carbonyl (C=O) groups is 3. The van der Waals surface area contributed by atoms with Gasteiger partial charge in [-0.3, -0.25) is 9.59 Å². The Hall–Kier alpha value is -3.41. The smallest absolute Gasteiger partial charge is 0.355 e. The van der Waals surface area contributed by atoms with Crippen molar-refractivity contribution in [2.45, 2.75) is 33.7 Å². The number of hydrogen-bond donors (Lipinski definition) is 0. The Morgan fingerprint density at radius 2 is 1.73 bits per heavy atom. The van der Waals surface area contributed by atoms with Crippen LogP contribution < -0.4 is 0 Å². The summed E-state index contributed by atoms with van der Waals surface area (Å²) in [5, 5.41) is 0. The maximum absolute atomic E-state index is 12.8. The third kappa shape index (κ3) is 4.13. The van der Waals surface area contributed by atoms with Crippen LogP contribution in [0.5, 0.6) is 0 Å². The topological polar surface area (TPSA) is 70.3 Å². The first-order valence-corrected chi connectivity index (χ1v) is 9.81. The third-order valence-electron chi connectivity index (χ3n) is 5.41. The second kappa shape index (κ2) is 8.53. The highest BCUT2D eigenvalue weighted by atomic mass is 16.5. The number of ketones is 2. The highest BCUT2D eigenvalue weighted by Crippen LogP contribution is 2.26. The van der Waals surface area contributed by atoms with E-state index in [-0.39, 0.29) is 29.9 Å². The Morgan fingerprint density at radius 1 is 1.07 bits per heavy atom. The molecule has 2 aromatic heterocycles. The molecule has 0 fully saturated rings. The number of benzene rings is 1. The van der Waals surface area contributed by atoms with Crippen molar-refractivity contribution in [2.24, 2.45) is 7.05 Å². The monoisotopic (exact) mass is 406 g/mol. The molecule has 30 heavy (non-hydrogen) atoms. The van der Waals surface area contributed by atoms with E-state index >= 15 is 0 Å². The van der Waals surface area contributed by atoms with E-state index in [1.54, 1.807) is 13.2 Å². The van der Waals surface area contributed by atoms with Crippen molar-refractivity contribution in [3.63, 3.8) is 0 Å². The number of carbonyl (C=O) groups excluding carboxylic acids is 3. The van der Waals surface area contributed by atoms with Crippen molar-refractivity contribution in [1.29, 1.82) is 0 Å². The van der Waals surface area contributed by atoms with Gasteiger partial charge in [-0.1, -0.05) is 30.3 Å². The molecule has 0 saturated carbocycles. The molecular weight excluding hydrogens is 380 g/mol. The molecule has 0 aliphatic rings. The number of Topliss-reactive ketones (excluding diaryl/α,β-unsaturated/α-hetero) is 2. The summed E-state index contributed by atoms with van der Waals surface area (Å²) in [6, 6.07) is 13.5. The fraction of sp³-hybridized carbons (Fsp3) is 0.292. The number of esters is 1. The molecule has 0 amide bonds. The molecular formula is C24H26N2O4. The first-order valence-electron chi connectivity index (χ1n) is 9.81. The van der Waals surface area contributed by atoms with Crippen molar-refractivity contribution in [3.8, 4) is 0 Å². The Labute approximate surface area is 176 Å². The molecule has 0 spiro atoms. The minimum atomic E-state index is -0.634. The van der Waals surface area contributed by atoms with Crippen LogP contribution in [-0.2, 0) is 11.8 Å². The average Bonchev–Trinajstić information content (AvgIpc) is 3.25. The van der Waals surface area contributed by atoms with Gasteiger partial charge < -0.3 is 13.9 Å². The Bertz CT molecular complexity index is 1110. The van der Waals surface area contributed by atoms with E-state index < -0.39 is 5.97 Å². The minimum absolute atomic E-state index is 0.0728. The van der Waals surface area contributed by atoms with Gasteiger partial charge in [0.05, 0.1) is 6.04 Å². The minimum Gasteiger partial charge on any atom is -0.453 e. The molecule has 6 nitrogen and oxygen atoms in total. The maximum atomic E-state index is 12.8. The van der Waals surface area contributed by atoms with E-state index in [1.165, 1.54) is 17.6 Å². The van der Waals surface area contributed by atoms with Gasteiger partial charge in [0.25, 0.3) is 0 Å². The van der Waals surface area contributed by atoms with Crippen LogP contribution in [0.15, 0.2) is 48.7 Å². The number of hydrogen-bond acceptors (Lipinski definition) is 4. The van der Waals surface area contributed by atoms with Crippen LogP contribution >= 0.6 is 0 Å². The largest absolute Gasteiger partial charge is 0.453 e. The molecule has 0 saturated heterocycles. The summed E-state index contributed by atoms with van der Waals surface area (Å²) in [4.78, 5) is 36.6. The van der Waals surface area contributed by atoms with Gasteiger partial charge in [-0.2, -0.15) is 0 Å². The quantitative estimate of drug-likeness (QED) is 0.433. The summed E-state index contributed by atoms with van der Waals surface area (Å²) in [5.41, 5.74) is 4.15. The molecule has 1 aromatic carbocycles. The van der Waals surface area contributed by atoms with E-state index in [0.29, 0.717) is 11.1 Å². The lowest BCUT2D eigenvalue weighted by Crippen LogP contribution is -2.17. The van der Waals surface area contributed by atoms with Crippen molar-refractivity contribution >= 4 is 17.5 Å². The number of aryl methyl sites for hydroxylation is 2. The van der Waals surface area contributed by atoms with Gasteiger partial charge in [-0.25, -0.2) is 4.79 Å². The van der Waals surface area contributed by atoms with Crippen LogP contribution in [0.4, 0.5) is 0 Å². The molecule has 156 valence electrons. The first-order chi connectivity index (χ1) is 14.2. The predicted molar refractivity (Wildman–Crippen MR) is 114 cm³/mol. The average molecular weight is 406 g/mol. The van der Waals surface area contributed by atoms with Crippen LogP contribution in [0.1, 0.15) is 68.0 Å². The van der Waals surface area contributed by atoms with Gasteiger partial charge in [-0.15, -0.1) is 0 Å². The molecule has 0 radical (unpaired) electrons. The second-order valence-electron chi connectivity index (χ2n) is 7.52. The molecule has 0 N–H and O–H groups in total. The summed E-state index contributed by atoms with van der Waals surface area (Å²) in [5.74, 6) is -1.03. The molecule has 2 heterocycles. The van der Waals surface area contributed by atoms with Crippen LogP contribution in [0.2, 0.25) is 0 Å². The summed E-state index contributed by atoms with van der Waals surface area (Å²) in [7, 11) is 1.66. The predicted octanol–water partition coefficient (Wildman–Crippen LogP) is 4.30. The second-order valence-corrected chi connectivity index (χ2v) is 7.52. The SMILES string of the molecule is CC(=O)c1cc(C(=O)OCC(=O)c2cc(C)n([C@@H](C)c3ccccc3)c2C)n(C)c1. The normalized spacial score (nSPS) is 11.9. The molecule has 3 aromatic rings. The summed E-state index contributed by atoms with van der Waals surface area (Å²) in [6.45, 7) is 7.02. The van der Waals surface area contributed by atoms with E-state index in [2.05, 4.69) is 23.6 Å². The highest BCUT2D eigenvalue weighted by molar-refractivity contribution is 6.01. The molecule has 0 aliphatic heterocycles. The zero-order valence-corrected chi connectivity index (χ0v) is 17.9. The summed E-state index contributed by atoms with van der Waals surface area (Å²) in [6.07, 6.45) is 1.57. The van der Waals surface area contributed by atoms with Crippen molar-refractivity contribution in [3.05, 3.63) is 82.4 Å². The lowest BCUT2D eigenvalue weighted by atomic mass is 10.1. The van der Waals surface area contributed by atoms with Crippen LogP contribution in [0.3, 0.4) is 0 Å². The van der Waals surface area contributed by atoms with E-state index in [9.17, 15) is 14.4 Å². The Balaban J connectivity index is 1.75. The Morgan fingerprint density at radius 3 is 2.33 bits per heavy atom. The number of rotatable bonds is 7. The zero-order chi connectivity index (χ0) is 22.0. The van der Waals surface area contributed by atoms with Crippen LogP contribution in [0, 0.1) is 13.8 Å².